The van der Waals surface area contributed by atoms with Crippen LogP contribution >= 0.6 is 22.6 Å². The van der Waals surface area contributed by atoms with Crippen LogP contribution in [0.3, 0.4) is 0 Å². The molecule has 0 saturated heterocycles. The molecule has 0 fully saturated rings. The van der Waals surface area contributed by atoms with Crippen molar-refractivity contribution < 1.29 is 4.74 Å². The fourth-order valence-corrected chi connectivity index (χ4v) is 2.62. The van der Waals surface area contributed by atoms with E-state index in [1.807, 2.05) is 0 Å². The minimum atomic E-state index is 0.209. The molecule has 2 rings (SSSR count). The van der Waals surface area contributed by atoms with E-state index >= 15 is 0 Å². The van der Waals surface area contributed by atoms with E-state index in [-0.39, 0.29) is 6.04 Å². The number of nitrogens with two attached hydrogens (primary N) is 1. The minimum Gasteiger partial charge on any atom is -0.495 e. The fraction of sp³-hybridized carbons (Fsp3) is 0.400. The van der Waals surface area contributed by atoms with Gasteiger partial charge in [0.15, 0.2) is 0 Å². The van der Waals surface area contributed by atoms with Crippen LogP contribution in [0.25, 0.3) is 0 Å². The summed E-state index contributed by atoms with van der Waals surface area (Å²) in [5.41, 5.74) is 8.53. The van der Waals surface area contributed by atoms with Crippen molar-refractivity contribution in [2.45, 2.75) is 18.9 Å². The molecule has 3 heteroatoms. The van der Waals surface area contributed by atoms with Crippen LogP contribution in [0, 0.1) is 3.57 Å². The van der Waals surface area contributed by atoms with Crippen molar-refractivity contribution in [3.05, 3.63) is 26.8 Å². The van der Waals surface area contributed by atoms with Crippen LogP contribution in [0.2, 0.25) is 0 Å². The second-order valence-corrected chi connectivity index (χ2v) is 4.46. The highest BCUT2D eigenvalue weighted by Gasteiger charge is 2.23. The Kier molecular flexibility index (Phi) is 2.47. The third-order valence-corrected chi connectivity index (χ3v) is 3.41. The molecular weight excluding hydrogens is 277 g/mol. The van der Waals surface area contributed by atoms with Crippen LogP contribution in [0.1, 0.15) is 23.6 Å². The van der Waals surface area contributed by atoms with E-state index in [0.717, 1.165) is 18.6 Å². The largest absolute Gasteiger partial charge is 0.495 e. The van der Waals surface area contributed by atoms with E-state index in [4.69, 9.17) is 10.5 Å². The van der Waals surface area contributed by atoms with E-state index in [1.54, 1.807) is 7.11 Å². The van der Waals surface area contributed by atoms with Gasteiger partial charge in [-0.25, -0.2) is 0 Å². The van der Waals surface area contributed by atoms with E-state index in [0.29, 0.717) is 0 Å². The Labute approximate surface area is 91.6 Å². The Hall–Kier alpha value is -0.290. The van der Waals surface area contributed by atoms with E-state index in [9.17, 15) is 0 Å². The van der Waals surface area contributed by atoms with Gasteiger partial charge in [0.2, 0.25) is 0 Å². The number of methoxy groups -OCH3 is 1. The number of rotatable bonds is 1. The van der Waals surface area contributed by atoms with Crippen LogP contribution in [-0.4, -0.2) is 7.11 Å². The number of benzene rings is 1. The maximum Gasteiger partial charge on any atom is 0.135 e. The summed E-state index contributed by atoms with van der Waals surface area (Å²) in [6.07, 6.45) is 2.10. The molecule has 1 aromatic carbocycles. The average Bonchev–Trinajstić information content (AvgIpc) is 2.48. The van der Waals surface area contributed by atoms with E-state index < -0.39 is 0 Å². The Balaban J connectivity index is 2.57. The molecule has 0 heterocycles. The molecule has 0 unspecified atom stereocenters. The zero-order valence-corrected chi connectivity index (χ0v) is 9.67. The maximum atomic E-state index is 5.96. The SMILES string of the molecule is COc1c(I)ccc2c1CC[C@H]2N. The molecule has 0 bridgehead atoms. The average molecular weight is 289 g/mol. The standard InChI is InChI=1S/C10H12INO/c1-13-10-7-3-5-9(12)6(7)2-4-8(10)11/h2,4,9H,3,5,12H2,1H3/t9-/m1/s1. The topological polar surface area (TPSA) is 35.2 Å². The van der Waals surface area contributed by atoms with Crippen molar-refractivity contribution in [2.24, 2.45) is 5.73 Å². The summed E-state index contributed by atoms with van der Waals surface area (Å²) < 4.78 is 6.55. The second kappa shape index (κ2) is 3.46. The molecule has 0 radical (unpaired) electrons. The van der Waals surface area contributed by atoms with Gasteiger partial charge in [-0.05, 0) is 47.1 Å². The summed E-state index contributed by atoms with van der Waals surface area (Å²) in [4.78, 5) is 0. The molecule has 0 spiro atoms. The lowest BCUT2D eigenvalue weighted by atomic mass is 10.1. The highest BCUT2D eigenvalue weighted by Crippen LogP contribution is 2.38. The third-order valence-electron chi connectivity index (χ3n) is 2.56. The van der Waals surface area contributed by atoms with Gasteiger partial charge in [0.25, 0.3) is 0 Å². The fourth-order valence-electron chi connectivity index (χ4n) is 1.90. The smallest absolute Gasteiger partial charge is 0.135 e. The summed E-state index contributed by atoms with van der Waals surface area (Å²) >= 11 is 2.30. The van der Waals surface area contributed by atoms with Gasteiger partial charge in [-0.3, -0.25) is 0 Å². The van der Waals surface area contributed by atoms with Gasteiger partial charge in [-0.2, -0.15) is 0 Å². The number of fused-ring (bicyclic) bond motifs is 1. The molecule has 2 nitrogen and oxygen atoms in total. The first-order valence-electron chi connectivity index (χ1n) is 4.35. The number of halogens is 1. The highest BCUT2D eigenvalue weighted by atomic mass is 127. The van der Waals surface area contributed by atoms with Gasteiger partial charge in [-0.1, -0.05) is 6.07 Å². The van der Waals surface area contributed by atoms with Crippen LogP contribution in [0.4, 0.5) is 0 Å². The summed E-state index contributed by atoms with van der Waals surface area (Å²) in [5.74, 6) is 1.02. The van der Waals surface area contributed by atoms with Crippen LogP contribution in [0.15, 0.2) is 12.1 Å². The Morgan fingerprint density at radius 2 is 2.31 bits per heavy atom. The van der Waals surface area contributed by atoms with Gasteiger partial charge in [-0.15, -0.1) is 0 Å². The molecule has 2 N–H and O–H groups in total. The number of ether oxygens (including phenoxy) is 1. The van der Waals surface area contributed by atoms with Crippen molar-refractivity contribution >= 4 is 22.6 Å². The molecule has 0 aliphatic heterocycles. The predicted octanol–water partition coefficient (Wildman–Crippen LogP) is 2.25. The lowest BCUT2D eigenvalue weighted by Gasteiger charge is -2.10. The van der Waals surface area contributed by atoms with Gasteiger partial charge < -0.3 is 10.5 Å². The van der Waals surface area contributed by atoms with Crippen molar-refractivity contribution in [3.8, 4) is 5.75 Å². The van der Waals surface area contributed by atoms with Crippen molar-refractivity contribution in [2.75, 3.05) is 7.11 Å². The zero-order valence-electron chi connectivity index (χ0n) is 7.51. The third kappa shape index (κ3) is 1.44. The quantitative estimate of drug-likeness (QED) is 0.805. The molecule has 1 aliphatic carbocycles. The lowest BCUT2D eigenvalue weighted by Crippen LogP contribution is -2.05. The molecule has 1 aromatic rings. The molecule has 0 saturated carbocycles. The molecular formula is C10H12INO. The number of hydrogen-bond acceptors (Lipinski definition) is 2. The first-order chi connectivity index (χ1) is 6.24. The lowest BCUT2D eigenvalue weighted by molar-refractivity contribution is 0.407. The van der Waals surface area contributed by atoms with Gasteiger partial charge in [0.1, 0.15) is 5.75 Å². The first-order valence-corrected chi connectivity index (χ1v) is 5.42. The van der Waals surface area contributed by atoms with E-state index in [2.05, 4.69) is 34.7 Å². The highest BCUT2D eigenvalue weighted by molar-refractivity contribution is 14.1. The molecule has 1 atom stereocenters. The Bertz CT molecular complexity index is 338. The van der Waals surface area contributed by atoms with E-state index in [1.165, 1.54) is 14.7 Å². The molecule has 0 aromatic heterocycles. The summed E-state index contributed by atoms with van der Waals surface area (Å²) in [6, 6.07) is 4.40. The first kappa shape index (κ1) is 9.27. The zero-order chi connectivity index (χ0) is 9.42. The Morgan fingerprint density at radius 1 is 1.54 bits per heavy atom. The summed E-state index contributed by atoms with van der Waals surface area (Å²) in [7, 11) is 1.72. The van der Waals surface area contributed by atoms with Gasteiger partial charge in [0, 0.05) is 11.6 Å². The van der Waals surface area contributed by atoms with Crippen molar-refractivity contribution in [1.82, 2.24) is 0 Å². The predicted molar refractivity (Wildman–Crippen MR) is 61.0 cm³/mol. The van der Waals surface area contributed by atoms with Crippen LogP contribution in [0.5, 0.6) is 5.75 Å². The van der Waals surface area contributed by atoms with Crippen LogP contribution in [-0.2, 0) is 6.42 Å². The molecule has 13 heavy (non-hydrogen) atoms. The molecule has 70 valence electrons. The monoisotopic (exact) mass is 289 g/mol. The van der Waals surface area contributed by atoms with Gasteiger partial charge in [0.05, 0.1) is 10.7 Å². The summed E-state index contributed by atoms with van der Waals surface area (Å²) in [6.45, 7) is 0. The maximum absolute atomic E-state index is 5.96. The molecule has 1 aliphatic rings. The number of hydrogen-bond donors (Lipinski definition) is 1. The van der Waals surface area contributed by atoms with Gasteiger partial charge >= 0.3 is 0 Å². The van der Waals surface area contributed by atoms with Crippen LogP contribution < -0.4 is 10.5 Å². The molecule has 0 amide bonds. The normalized spacial score (nSPS) is 20.1. The van der Waals surface area contributed by atoms with Crippen molar-refractivity contribution in [3.63, 3.8) is 0 Å². The minimum absolute atomic E-state index is 0.209. The van der Waals surface area contributed by atoms with Crippen molar-refractivity contribution in [1.29, 1.82) is 0 Å². The Morgan fingerprint density at radius 3 is 3.00 bits per heavy atom. The summed E-state index contributed by atoms with van der Waals surface area (Å²) in [5, 5.41) is 0. The second-order valence-electron chi connectivity index (χ2n) is 3.29.